The number of hydrogen-bond donors (Lipinski definition) is 0. The zero-order valence-electron chi connectivity index (χ0n) is 35.1. The van der Waals surface area contributed by atoms with Gasteiger partial charge >= 0.3 is 0 Å². The van der Waals surface area contributed by atoms with E-state index in [1.165, 1.54) is 0 Å². The third-order valence-electron chi connectivity index (χ3n) is 10.2. The van der Waals surface area contributed by atoms with Crippen LogP contribution in [0.3, 0.4) is 0 Å². The molecule has 1 aliphatic carbocycles. The van der Waals surface area contributed by atoms with Crippen LogP contribution in [0.15, 0.2) is 182 Å². The molecule has 10 aromatic rings. The highest BCUT2D eigenvalue weighted by Crippen LogP contribution is 2.52. The summed E-state index contributed by atoms with van der Waals surface area (Å²) in [7, 11) is 0. The maximum atomic E-state index is 9.65. The molecule has 0 N–H and O–H groups in total. The maximum Gasteiger partial charge on any atom is 0.145 e. The fourth-order valence-corrected chi connectivity index (χ4v) is 8.12. The number of imidazole rings is 1. The Morgan fingerprint density at radius 1 is 0.412 bits per heavy atom. The number of aromatic nitrogens is 2. The molecular formula is C49H30N2. The number of para-hydroxylation sites is 3. The smallest absolute Gasteiger partial charge is 0.145 e. The van der Waals surface area contributed by atoms with E-state index in [1.54, 1.807) is 0 Å². The zero-order chi connectivity index (χ0) is 40.4. The van der Waals surface area contributed by atoms with Gasteiger partial charge < -0.3 is 0 Å². The van der Waals surface area contributed by atoms with Crippen molar-refractivity contribution in [3.8, 4) is 61.6 Å². The van der Waals surface area contributed by atoms with E-state index in [1.807, 2.05) is 120 Å². The van der Waals surface area contributed by atoms with Crippen LogP contribution < -0.4 is 0 Å². The van der Waals surface area contributed by atoms with Gasteiger partial charge in [-0.1, -0.05) is 164 Å². The lowest BCUT2D eigenvalue weighted by Crippen LogP contribution is -2.01. The summed E-state index contributed by atoms with van der Waals surface area (Å²) in [5, 5.41) is 2.45. The molecule has 1 heterocycles. The largest absolute Gasteiger partial charge is 0.292 e. The van der Waals surface area contributed by atoms with Crippen molar-refractivity contribution in [1.29, 1.82) is 0 Å². The van der Waals surface area contributed by atoms with E-state index in [2.05, 4.69) is 18.2 Å². The highest BCUT2D eigenvalue weighted by molar-refractivity contribution is 6.26. The molecule has 0 radical (unpaired) electrons. The molecule has 9 aromatic carbocycles. The van der Waals surface area contributed by atoms with Crippen molar-refractivity contribution in [2.75, 3.05) is 0 Å². The molecule has 0 saturated heterocycles. The van der Waals surface area contributed by atoms with Gasteiger partial charge in [0.1, 0.15) is 5.82 Å². The minimum atomic E-state index is -0.443. The first-order valence-corrected chi connectivity index (χ1v) is 16.9. The molecule has 0 unspecified atom stereocenters. The Kier molecular flexibility index (Phi) is 4.55. The molecule has 0 aliphatic heterocycles. The molecule has 11 rings (SSSR count). The average Bonchev–Trinajstić information content (AvgIpc) is 3.83. The molecule has 51 heavy (non-hydrogen) atoms. The van der Waals surface area contributed by atoms with E-state index >= 15 is 0 Å². The SMILES string of the molecule is [2H]c1c([2H])c([2H])c2c(-c3ccc4c5c(cccc35)-c3ccccc3-4)c3c([2H])c([2H])c([2H])c([2H])c3c(-c3ccccc3-n3c(-c4ccccc4)nc4ccccc43)c2c1[2H]. The minimum Gasteiger partial charge on any atom is -0.292 e. The summed E-state index contributed by atoms with van der Waals surface area (Å²) in [6.07, 6.45) is 0. The van der Waals surface area contributed by atoms with Crippen molar-refractivity contribution >= 4 is 43.4 Å². The Bertz CT molecular complexity index is 3370. The van der Waals surface area contributed by atoms with Crippen LogP contribution in [0.25, 0.3) is 105 Å². The second-order valence-corrected chi connectivity index (χ2v) is 12.8. The molecule has 0 bridgehead atoms. The van der Waals surface area contributed by atoms with E-state index in [0.29, 0.717) is 28.2 Å². The maximum absolute atomic E-state index is 9.65. The Morgan fingerprint density at radius 3 is 1.65 bits per heavy atom. The summed E-state index contributed by atoms with van der Waals surface area (Å²) in [6, 6.07) is 40.2. The van der Waals surface area contributed by atoms with Crippen LogP contribution in [-0.2, 0) is 0 Å². The molecule has 2 nitrogen and oxygen atoms in total. The molecular weight excluding hydrogens is 617 g/mol. The highest BCUT2D eigenvalue weighted by Gasteiger charge is 2.25. The predicted molar refractivity (Wildman–Crippen MR) is 214 cm³/mol. The van der Waals surface area contributed by atoms with Crippen LogP contribution in [-0.4, -0.2) is 9.55 Å². The van der Waals surface area contributed by atoms with Gasteiger partial charge in [-0.3, -0.25) is 4.57 Å². The van der Waals surface area contributed by atoms with Crippen molar-refractivity contribution in [3.63, 3.8) is 0 Å². The topological polar surface area (TPSA) is 17.8 Å². The second kappa shape index (κ2) is 10.9. The number of rotatable bonds is 4. The van der Waals surface area contributed by atoms with E-state index < -0.39 is 24.2 Å². The fraction of sp³-hybridized carbons (Fsp3) is 0. The molecule has 0 fully saturated rings. The van der Waals surface area contributed by atoms with Gasteiger partial charge in [-0.25, -0.2) is 4.98 Å². The van der Waals surface area contributed by atoms with E-state index in [0.717, 1.165) is 49.6 Å². The first-order valence-electron chi connectivity index (χ1n) is 20.9. The lowest BCUT2D eigenvalue weighted by Gasteiger charge is -2.21. The van der Waals surface area contributed by atoms with Gasteiger partial charge in [0.2, 0.25) is 0 Å². The predicted octanol–water partition coefficient (Wildman–Crippen LogP) is 13.1. The lowest BCUT2D eigenvalue weighted by molar-refractivity contribution is 1.10. The third kappa shape index (κ3) is 4.02. The molecule has 1 aromatic heterocycles. The normalized spacial score (nSPS) is 14.1. The quantitative estimate of drug-likeness (QED) is 0.173. The van der Waals surface area contributed by atoms with E-state index in [4.69, 9.17) is 10.5 Å². The molecule has 0 spiro atoms. The van der Waals surface area contributed by atoms with Crippen LogP contribution in [0, 0.1) is 0 Å². The monoisotopic (exact) mass is 654 g/mol. The molecule has 1 aliphatic rings. The zero-order valence-corrected chi connectivity index (χ0v) is 27.1. The standard InChI is InChI=1S/C49H30N2/c1-2-15-31(16-3-1)49-50-43-26-11-13-28-45(43)51(49)44-27-12-10-23-42(44)48-37-21-8-6-19-35(37)47(36-20-7-9-22-38(36)48)41-30-29-40-33-18-5-4-17-32(33)34-24-14-25-39(41)46(34)40/h1-30H/i6D,7D,8D,9D,19D,20D,21D,22D. The fourth-order valence-electron chi connectivity index (χ4n) is 8.12. The summed E-state index contributed by atoms with van der Waals surface area (Å²) in [6.45, 7) is 0. The van der Waals surface area contributed by atoms with Gasteiger partial charge in [0, 0.05) is 11.1 Å². The number of benzene rings is 9. The summed E-state index contributed by atoms with van der Waals surface area (Å²) < 4.78 is 76.7. The molecule has 2 heteroatoms. The Hall–Kier alpha value is -6.77. The summed E-state index contributed by atoms with van der Waals surface area (Å²) >= 11 is 0. The van der Waals surface area contributed by atoms with Crippen LogP contribution in [0.2, 0.25) is 0 Å². The first kappa shape index (κ1) is 21.3. The van der Waals surface area contributed by atoms with Gasteiger partial charge in [-0.2, -0.15) is 0 Å². The lowest BCUT2D eigenvalue weighted by atomic mass is 9.84. The average molecular weight is 655 g/mol. The molecule has 0 atom stereocenters. The van der Waals surface area contributed by atoms with E-state index in [-0.39, 0.29) is 51.3 Å². The van der Waals surface area contributed by atoms with Gasteiger partial charge in [0.25, 0.3) is 0 Å². The van der Waals surface area contributed by atoms with Crippen molar-refractivity contribution in [3.05, 3.63) is 182 Å². The van der Waals surface area contributed by atoms with E-state index in [9.17, 15) is 5.48 Å². The molecule has 236 valence electrons. The summed E-state index contributed by atoms with van der Waals surface area (Å²) in [4.78, 5) is 5.07. The van der Waals surface area contributed by atoms with Gasteiger partial charge in [0.05, 0.1) is 27.7 Å². The van der Waals surface area contributed by atoms with Crippen molar-refractivity contribution < 1.29 is 11.0 Å². The van der Waals surface area contributed by atoms with Gasteiger partial charge in [0.15, 0.2) is 0 Å². The van der Waals surface area contributed by atoms with Crippen molar-refractivity contribution in [1.82, 2.24) is 9.55 Å². The van der Waals surface area contributed by atoms with Crippen LogP contribution >= 0.6 is 0 Å². The Balaban J connectivity index is 1.36. The van der Waals surface area contributed by atoms with Gasteiger partial charge in [-0.05, 0) is 89.5 Å². The molecule has 0 amide bonds. The van der Waals surface area contributed by atoms with Crippen molar-refractivity contribution in [2.45, 2.75) is 0 Å². The van der Waals surface area contributed by atoms with Crippen LogP contribution in [0.1, 0.15) is 11.0 Å². The van der Waals surface area contributed by atoms with Gasteiger partial charge in [-0.15, -0.1) is 0 Å². The summed E-state index contributed by atoms with van der Waals surface area (Å²) in [5.74, 6) is 0.641. The van der Waals surface area contributed by atoms with Crippen LogP contribution in [0.5, 0.6) is 0 Å². The summed E-state index contributed by atoms with van der Waals surface area (Å²) in [5.41, 5.74) is 8.95. The molecule has 0 saturated carbocycles. The first-order chi connectivity index (χ1) is 28.7. The Morgan fingerprint density at radius 2 is 0.941 bits per heavy atom. The number of hydrogen-bond acceptors (Lipinski definition) is 1. The number of fused-ring (bicyclic) bond motifs is 6. The minimum absolute atomic E-state index is 0.160. The third-order valence-corrected chi connectivity index (χ3v) is 10.2. The highest BCUT2D eigenvalue weighted by atomic mass is 15.1. The Labute approximate surface area is 306 Å². The van der Waals surface area contributed by atoms with Crippen molar-refractivity contribution in [2.24, 2.45) is 0 Å². The second-order valence-electron chi connectivity index (χ2n) is 12.8. The van der Waals surface area contributed by atoms with Crippen LogP contribution in [0.4, 0.5) is 0 Å². The number of nitrogens with zero attached hydrogens (tertiary/aromatic N) is 2.